The molecule has 1 atom stereocenters. The molecule has 0 spiro atoms. The standard InChI is InChI=1S/C19H20N4O3S/c1-27(25,26)23-12-4-7-17(23)19(24)20-14-10-8-13(9-11-14)18-21-15-5-2-3-6-16(15)22-18/h2-3,5-6,8-11,17H,4,7,12H2,1H3,(H,20,24)(H,21,22)/t17-/m1/s1. The summed E-state index contributed by atoms with van der Waals surface area (Å²) in [6.45, 7) is 0.391. The van der Waals surface area contributed by atoms with Crippen molar-refractivity contribution in [3.8, 4) is 11.4 Å². The number of carbonyl (C=O) groups excluding carboxylic acids is 1. The SMILES string of the molecule is CS(=O)(=O)N1CCC[C@@H]1C(=O)Nc1ccc(-c2nc3ccccc3[nH]2)cc1. The Morgan fingerprint density at radius 3 is 2.63 bits per heavy atom. The number of amides is 1. The van der Waals surface area contributed by atoms with E-state index in [4.69, 9.17) is 0 Å². The summed E-state index contributed by atoms with van der Waals surface area (Å²) in [5.74, 6) is 0.461. The van der Waals surface area contributed by atoms with E-state index in [9.17, 15) is 13.2 Å². The molecule has 0 bridgehead atoms. The number of fused-ring (bicyclic) bond motifs is 1. The summed E-state index contributed by atoms with van der Waals surface area (Å²) < 4.78 is 24.9. The monoisotopic (exact) mass is 384 g/mol. The van der Waals surface area contributed by atoms with Crippen molar-refractivity contribution in [1.29, 1.82) is 0 Å². The number of carbonyl (C=O) groups is 1. The molecule has 1 saturated heterocycles. The lowest BCUT2D eigenvalue weighted by Gasteiger charge is -2.21. The van der Waals surface area contributed by atoms with E-state index in [1.807, 2.05) is 36.4 Å². The van der Waals surface area contributed by atoms with Crippen LogP contribution < -0.4 is 5.32 Å². The summed E-state index contributed by atoms with van der Waals surface area (Å²) >= 11 is 0. The van der Waals surface area contributed by atoms with E-state index in [1.54, 1.807) is 12.1 Å². The maximum Gasteiger partial charge on any atom is 0.242 e. The van der Waals surface area contributed by atoms with Crippen molar-refractivity contribution in [1.82, 2.24) is 14.3 Å². The van der Waals surface area contributed by atoms with Gasteiger partial charge in [0.1, 0.15) is 11.9 Å². The van der Waals surface area contributed by atoms with E-state index in [0.29, 0.717) is 25.1 Å². The molecule has 8 heteroatoms. The smallest absolute Gasteiger partial charge is 0.242 e. The molecule has 2 heterocycles. The van der Waals surface area contributed by atoms with Crippen molar-refractivity contribution in [2.75, 3.05) is 18.1 Å². The summed E-state index contributed by atoms with van der Waals surface area (Å²) in [5, 5.41) is 2.82. The van der Waals surface area contributed by atoms with Crippen LogP contribution in [0, 0.1) is 0 Å². The number of rotatable bonds is 4. The van der Waals surface area contributed by atoms with Gasteiger partial charge in [0.05, 0.1) is 17.3 Å². The number of aromatic amines is 1. The van der Waals surface area contributed by atoms with Crippen LogP contribution in [0.4, 0.5) is 5.69 Å². The fourth-order valence-corrected chi connectivity index (χ4v) is 4.55. The van der Waals surface area contributed by atoms with Crippen LogP contribution in [0.25, 0.3) is 22.4 Å². The van der Waals surface area contributed by atoms with Crippen molar-refractivity contribution < 1.29 is 13.2 Å². The van der Waals surface area contributed by atoms with E-state index >= 15 is 0 Å². The molecule has 1 amide bonds. The van der Waals surface area contributed by atoms with E-state index in [2.05, 4.69) is 15.3 Å². The van der Waals surface area contributed by atoms with Crippen LogP contribution in [0.2, 0.25) is 0 Å². The first-order valence-corrected chi connectivity index (χ1v) is 10.6. The highest BCUT2D eigenvalue weighted by Crippen LogP contribution is 2.24. The molecule has 2 N–H and O–H groups in total. The Balaban J connectivity index is 1.50. The van der Waals surface area contributed by atoms with Gasteiger partial charge in [0.15, 0.2) is 0 Å². The Hall–Kier alpha value is -2.71. The number of benzene rings is 2. The number of imidazole rings is 1. The van der Waals surface area contributed by atoms with Gasteiger partial charge in [-0.05, 0) is 49.2 Å². The quantitative estimate of drug-likeness (QED) is 0.723. The Bertz CT molecular complexity index is 1060. The molecule has 140 valence electrons. The molecule has 0 aliphatic carbocycles. The zero-order valence-corrected chi connectivity index (χ0v) is 15.7. The predicted molar refractivity (Wildman–Crippen MR) is 105 cm³/mol. The van der Waals surface area contributed by atoms with Gasteiger partial charge < -0.3 is 10.3 Å². The summed E-state index contributed by atoms with van der Waals surface area (Å²) in [4.78, 5) is 20.3. The topological polar surface area (TPSA) is 95.2 Å². The molecule has 1 fully saturated rings. The van der Waals surface area contributed by atoms with E-state index in [1.165, 1.54) is 4.31 Å². The molecule has 0 saturated carbocycles. The Kier molecular flexibility index (Phi) is 4.45. The summed E-state index contributed by atoms with van der Waals surface area (Å²) in [6.07, 6.45) is 2.37. The lowest BCUT2D eigenvalue weighted by atomic mass is 10.1. The Labute approximate surface area is 157 Å². The van der Waals surface area contributed by atoms with Crippen LogP contribution in [0.15, 0.2) is 48.5 Å². The lowest BCUT2D eigenvalue weighted by Crippen LogP contribution is -2.42. The van der Waals surface area contributed by atoms with Gasteiger partial charge in [-0.1, -0.05) is 12.1 Å². The highest BCUT2D eigenvalue weighted by atomic mass is 32.2. The molecule has 27 heavy (non-hydrogen) atoms. The second-order valence-corrected chi connectivity index (χ2v) is 8.64. The highest BCUT2D eigenvalue weighted by molar-refractivity contribution is 7.88. The normalized spacial score (nSPS) is 18.0. The number of aromatic nitrogens is 2. The van der Waals surface area contributed by atoms with Crippen molar-refractivity contribution >= 4 is 32.7 Å². The minimum atomic E-state index is -3.38. The largest absolute Gasteiger partial charge is 0.338 e. The number of anilines is 1. The third kappa shape index (κ3) is 3.58. The van der Waals surface area contributed by atoms with Gasteiger partial charge >= 0.3 is 0 Å². The van der Waals surface area contributed by atoms with E-state index in [-0.39, 0.29) is 5.91 Å². The van der Waals surface area contributed by atoms with Crippen LogP contribution in [-0.4, -0.2) is 47.4 Å². The molecular formula is C19H20N4O3S. The molecule has 0 unspecified atom stereocenters. The fraction of sp³-hybridized carbons (Fsp3) is 0.263. The second kappa shape index (κ2) is 6.79. The van der Waals surface area contributed by atoms with Gasteiger partial charge in [-0.15, -0.1) is 0 Å². The van der Waals surface area contributed by atoms with Gasteiger partial charge in [0, 0.05) is 17.8 Å². The van der Waals surface area contributed by atoms with Gasteiger partial charge in [-0.2, -0.15) is 4.31 Å². The van der Waals surface area contributed by atoms with E-state index < -0.39 is 16.1 Å². The number of para-hydroxylation sites is 2. The van der Waals surface area contributed by atoms with Crippen molar-refractivity contribution in [2.45, 2.75) is 18.9 Å². The molecular weight excluding hydrogens is 364 g/mol. The van der Waals surface area contributed by atoms with Crippen LogP contribution in [0.1, 0.15) is 12.8 Å². The zero-order chi connectivity index (χ0) is 19.0. The molecule has 7 nitrogen and oxygen atoms in total. The first-order valence-electron chi connectivity index (χ1n) is 8.75. The van der Waals surface area contributed by atoms with Gasteiger partial charge in [-0.25, -0.2) is 13.4 Å². The average molecular weight is 384 g/mol. The summed E-state index contributed by atoms with van der Waals surface area (Å²) in [5.41, 5.74) is 3.39. The van der Waals surface area contributed by atoms with Crippen molar-refractivity contribution in [3.63, 3.8) is 0 Å². The molecule has 3 aromatic rings. The first kappa shape index (κ1) is 17.7. The van der Waals surface area contributed by atoms with Crippen molar-refractivity contribution in [3.05, 3.63) is 48.5 Å². The third-order valence-corrected chi connectivity index (χ3v) is 6.04. The van der Waals surface area contributed by atoms with Gasteiger partial charge in [0.25, 0.3) is 0 Å². The number of nitrogens with zero attached hydrogens (tertiary/aromatic N) is 2. The molecule has 0 radical (unpaired) electrons. The van der Waals surface area contributed by atoms with Gasteiger partial charge in [0.2, 0.25) is 15.9 Å². The number of H-pyrrole nitrogens is 1. The first-order chi connectivity index (χ1) is 12.9. The minimum Gasteiger partial charge on any atom is -0.338 e. The highest BCUT2D eigenvalue weighted by Gasteiger charge is 2.36. The van der Waals surface area contributed by atoms with Gasteiger partial charge in [-0.3, -0.25) is 4.79 Å². The van der Waals surface area contributed by atoms with E-state index in [0.717, 1.165) is 28.7 Å². The average Bonchev–Trinajstić information content (AvgIpc) is 3.29. The molecule has 4 rings (SSSR count). The summed E-state index contributed by atoms with van der Waals surface area (Å²) in [7, 11) is -3.38. The molecule has 1 aliphatic heterocycles. The third-order valence-electron chi connectivity index (χ3n) is 4.75. The van der Waals surface area contributed by atoms with Crippen LogP contribution in [0.3, 0.4) is 0 Å². The fourth-order valence-electron chi connectivity index (χ4n) is 3.43. The second-order valence-electron chi connectivity index (χ2n) is 6.70. The molecule has 2 aromatic carbocycles. The number of hydrogen-bond donors (Lipinski definition) is 2. The van der Waals surface area contributed by atoms with Crippen molar-refractivity contribution in [2.24, 2.45) is 0 Å². The maximum absolute atomic E-state index is 12.5. The Morgan fingerprint density at radius 2 is 1.93 bits per heavy atom. The predicted octanol–water partition coefficient (Wildman–Crippen LogP) is 2.59. The molecule has 1 aliphatic rings. The maximum atomic E-state index is 12.5. The Morgan fingerprint density at radius 1 is 1.19 bits per heavy atom. The minimum absolute atomic E-state index is 0.297. The lowest BCUT2D eigenvalue weighted by molar-refractivity contribution is -0.119. The van der Waals surface area contributed by atoms with Crippen LogP contribution >= 0.6 is 0 Å². The number of hydrogen-bond acceptors (Lipinski definition) is 4. The zero-order valence-electron chi connectivity index (χ0n) is 14.8. The van der Waals surface area contributed by atoms with Crippen LogP contribution in [-0.2, 0) is 14.8 Å². The number of nitrogens with one attached hydrogen (secondary N) is 2. The summed E-state index contributed by atoms with van der Waals surface area (Å²) in [6, 6.07) is 14.5. The molecule has 1 aromatic heterocycles. The number of sulfonamides is 1. The van der Waals surface area contributed by atoms with Crippen LogP contribution in [0.5, 0.6) is 0 Å².